The molecule has 0 aliphatic carbocycles. The molecule has 0 fully saturated rings. The number of nitrogens with one attached hydrogen (secondary N) is 2. The van der Waals surface area contributed by atoms with Gasteiger partial charge in [0.1, 0.15) is 16.5 Å². The molecule has 0 aromatic heterocycles. The van der Waals surface area contributed by atoms with Crippen LogP contribution in [0, 0.1) is 11.6 Å². The van der Waals surface area contributed by atoms with E-state index in [-0.39, 0.29) is 13.0 Å². The summed E-state index contributed by atoms with van der Waals surface area (Å²) in [6.45, 7) is -0.191. The van der Waals surface area contributed by atoms with Crippen LogP contribution in [0.15, 0.2) is 53.4 Å². The smallest absolute Gasteiger partial charge is 0.243 e. The van der Waals surface area contributed by atoms with Crippen LogP contribution in [0.3, 0.4) is 0 Å². The largest absolute Gasteiger partial charge is 0.326 e. The van der Waals surface area contributed by atoms with Crippen molar-refractivity contribution < 1.29 is 22.0 Å². The maximum atomic E-state index is 13.5. The van der Waals surface area contributed by atoms with Crippen LogP contribution < -0.4 is 10.0 Å². The van der Waals surface area contributed by atoms with Gasteiger partial charge in [-0.3, -0.25) is 4.79 Å². The highest BCUT2D eigenvalue weighted by Gasteiger charge is 2.18. The summed E-state index contributed by atoms with van der Waals surface area (Å²) < 4.78 is 52.2. The molecule has 8 heteroatoms. The molecule has 0 aliphatic heterocycles. The standard InChI is InChI=1S/C15H14F2N2O3S/c16-11-5-7-12(8-6-11)19-15(20)9-10-18-23(21,22)14-4-2-1-3-13(14)17/h1-8,18H,9-10H2,(H,19,20). The molecule has 0 spiro atoms. The monoisotopic (exact) mass is 340 g/mol. The van der Waals surface area contributed by atoms with Gasteiger partial charge in [0, 0.05) is 18.7 Å². The van der Waals surface area contributed by atoms with E-state index in [9.17, 15) is 22.0 Å². The van der Waals surface area contributed by atoms with Gasteiger partial charge in [0.05, 0.1) is 0 Å². The van der Waals surface area contributed by atoms with Gasteiger partial charge in [0.2, 0.25) is 15.9 Å². The van der Waals surface area contributed by atoms with Crippen LogP contribution in [-0.4, -0.2) is 20.9 Å². The Morgan fingerprint density at radius 1 is 1.00 bits per heavy atom. The van der Waals surface area contributed by atoms with Crippen LogP contribution in [0.4, 0.5) is 14.5 Å². The fraction of sp³-hybridized carbons (Fsp3) is 0.133. The van der Waals surface area contributed by atoms with Gasteiger partial charge in [-0.2, -0.15) is 0 Å². The second kappa shape index (κ2) is 7.30. The molecule has 0 heterocycles. The molecule has 0 unspecified atom stereocenters. The summed E-state index contributed by atoms with van der Waals surface area (Å²) in [7, 11) is -4.02. The highest BCUT2D eigenvalue weighted by atomic mass is 32.2. The van der Waals surface area contributed by atoms with Crippen molar-refractivity contribution in [3.8, 4) is 0 Å². The molecule has 5 nitrogen and oxygen atoms in total. The number of sulfonamides is 1. The fourth-order valence-electron chi connectivity index (χ4n) is 1.80. The lowest BCUT2D eigenvalue weighted by molar-refractivity contribution is -0.116. The van der Waals surface area contributed by atoms with Crippen molar-refractivity contribution in [3.63, 3.8) is 0 Å². The topological polar surface area (TPSA) is 75.3 Å². The van der Waals surface area contributed by atoms with E-state index in [1.165, 1.54) is 36.4 Å². The normalized spacial score (nSPS) is 11.2. The molecular formula is C15H14F2N2O3S. The number of hydrogen-bond donors (Lipinski definition) is 2. The minimum atomic E-state index is -4.02. The quantitative estimate of drug-likeness (QED) is 0.847. The Morgan fingerprint density at radius 2 is 1.65 bits per heavy atom. The predicted octanol–water partition coefficient (Wildman–Crippen LogP) is 2.27. The molecule has 2 aromatic rings. The Morgan fingerprint density at radius 3 is 2.30 bits per heavy atom. The Hall–Kier alpha value is -2.32. The van der Waals surface area contributed by atoms with Gasteiger partial charge >= 0.3 is 0 Å². The third-order valence-electron chi connectivity index (χ3n) is 2.90. The molecule has 1 amide bonds. The van der Waals surface area contributed by atoms with Crippen LogP contribution in [-0.2, 0) is 14.8 Å². The summed E-state index contributed by atoms with van der Waals surface area (Å²) >= 11 is 0. The SMILES string of the molecule is O=C(CCNS(=O)(=O)c1ccccc1F)Nc1ccc(F)cc1. The van der Waals surface area contributed by atoms with Crippen molar-refractivity contribution in [1.82, 2.24) is 4.72 Å². The van der Waals surface area contributed by atoms with E-state index < -0.39 is 32.5 Å². The zero-order valence-electron chi connectivity index (χ0n) is 11.9. The Balaban J connectivity index is 1.88. The van der Waals surface area contributed by atoms with Crippen molar-refractivity contribution in [3.05, 3.63) is 60.2 Å². The van der Waals surface area contributed by atoms with Crippen molar-refractivity contribution >= 4 is 21.6 Å². The first-order chi connectivity index (χ1) is 10.9. The van der Waals surface area contributed by atoms with Gasteiger partial charge in [-0.1, -0.05) is 12.1 Å². The molecule has 23 heavy (non-hydrogen) atoms. The van der Waals surface area contributed by atoms with Gasteiger partial charge in [0.25, 0.3) is 0 Å². The molecule has 2 N–H and O–H groups in total. The maximum Gasteiger partial charge on any atom is 0.243 e. The molecule has 122 valence electrons. The molecule has 0 saturated carbocycles. The van der Waals surface area contributed by atoms with Crippen molar-refractivity contribution in [2.75, 3.05) is 11.9 Å². The molecular weight excluding hydrogens is 326 g/mol. The third kappa shape index (κ3) is 4.83. The Labute approximate surface area is 132 Å². The summed E-state index contributed by atoms with van der Waals surface area (Å²) in [6.07, 6.45) is -0.148. The highest BCUT2D eigenvalue weighted by molar-refractivity contribution is 7.89. The van der Waals surface area contributed by atoms with Crippen LogP contribution in [0.25, 0.3) is 0 Å². The van der Waals surface area contributed by atoms with E-state index in [0.29, 0.717) is 5.69 Å². The molecule has 2 aromatic carbocycles. The van der Waals surface area contributed by atoms with E-state index in [1.807, 2.05) is 0 Å². The number of anilines is 1. The van der Waals surface area contributed by atoms with E-state index in [2.05, 4.69) is 10.0 Å². The lowest BCUT2D eigenvalue weighted by Gasteiger charge is -2.08. The van der Waals surface area contributed by atoms with Gasteiger partial charge < -0.3 is 5.32 Å². The van der Waals surface area contributed by atoms with Crippen molar-refractivity contribution in [2.24, 2.45) is 0 Å². The van der Waals surface area contributed by atoms with E-state index in [0.717, 1.165) is 12.1 Å². The Bertz CT molecular complexity index is 793. The van der Waals surface area contributed by atoms with Gasteiger partial charge in [-0.15, -0.1) is 0 Å². The Kier molecular flexibility index (Phi) is 5.41. The third-order valence-corrected chi connectivity index (χ3v) is 4.39. The van der Waals surface area contributed by atoms with Crippen LogP contribution in [0.5, 0.6) is 0 Å². The van der Waals surface area contributed by atoms with Gasteiger partial charge in [0.15, 0.2) is 0 Å². The van der Waals surface area contributed by atoms with E-state index in [4.69, 9.17) is 0 Å². The second-order valence-corrected chi connectivity index (χ2v) is 6.37. The number of amides is 1. The average Bonchev–Trinajstić information content (AvgIpc) is 2.49. The van der Waals surface area contributed by atoms with Crippen molar-refractivity contribution in [2.45, 2.75) is 11.3 Å². The molecule has 0 radical (unpaired) electrons. The number of benzene rings is 2. The van der Waals surface area contributed by atoms with E-state index in [1.54, 1.807) is 0 Å². The second-order valence-electron chi connectivity index (χ2n) is 4.63. The summed E-state index contributed by atoms with van der Waals surface area (Å²) in [5.74, 6) is -1.75. The van der Waals surface area contributed by atoms with E-state index >= 15 is 0 Å². The minimum Gasteiger partial charge on any atom is -0.326 e. The number of carbonyl (C=O) groups excluding carboxylic acids is 1. The first-order valence-corrected chi connectivity index (χ1v) is 8.16. The van der Waals surface area contributed by atoms with Crippen LogP contribution >= 0.6 is 0 Å². The zero-order valence-corrected chi connectivity index (χ0v) is 12.7. The first kappa shape index (κ1) is 17.0. The molecule has 0 saturated heterocycles. The molecule has 0 aliphatic rings. The average molecular weight is 340 g/mol. The number of carbonyl (C=O) groups is 1. The van der Waals surface area contributed by atoms with Crippen molar-refractivity contribution in [1.29, 1.82) is 0 Å². The van der Waals surface area contributed by atoms with Crippen LogP contribution in [0.1, 0.15) is 6.42 Å². The predicted molar refractivity (Wildman–Crippen MR) is 81.2 cm³/mol. The molecule has 2 rings (SSSR count). The van der Waals surface area contributed by atoms with Crippen LogP contribution in [0.2, 0.25) is 0 Å². The fourth-order valence-corrected chi connectivity index (χ4v) is 2.90. The number of hydrogen-bond acceptors (Lipinski definition) is 3. The summed E-state index contributed by atoms with van der Waals surface area (Å²) in [5.41, 5.74) is 0.397. The zero-order chi connectivity index (χ0) is 16.9. The first-order valence-electron chi connectivity index (χ1n) is 6.68. The highest BCUT2D eigenvalue weighted by Crippen LogP contribution is 2.13. The molecule has 0 bridgehead atoms. The lowest BCUT2D eigenvalue weighted by Crippen LogP contribution is -2.28. The number of rotatable bonds is 6. The maximum absolute atomic E-state index is 13.5. The summed E-state index contributed by atoms with van der Waals surface area (Å²) in [5, 5.41) is 2.49. The lowest BCUT2D eigenvalue weighted by atomic mass is 10.3. The summed E-state index contributed by atoms with van der Waals surface area (Å²) in [6, 6.07) is 10.1. The molecule has 0 atom stereocenters. The summed E-state index contributed by atoms with van der Waals surface area (Å²) in [4.78, 5) is 11.2. The van der Waals surface area contributed by atoms with Gasteiger partial charge in [-0.05, 0) is 36.4 Å². The van der Waals surface area contributed by atoms with Gasteiger partial charge in [-0.25, -0.2) is 21.9 Å². The minimum absolute atomic E-state index is 0.148. The number of halogens is 2.